The summed E-state index contributed by atoms with van der Waals surface area (Å²) < 4.78 is 0. The Morgan fingerprint density at radius 1 is 1.00 bits per heavy atom. The van der Waals surface area contributed by atoms with Crippen LogP contribution in [0.5, 0.6) is 0 Å². The van der Waals surface area contributed by atoms with Crippen LogP contribution in [-0.4, -0.2) is 28.4 Å². The summed E-state index contributed by atoms with van der Waals surface area (Å²) in [6.45, 7) is 4.83. The van der Waals surface area contributed by atoms with Crippen LogP contribution in [0.15, 0.2) is 60.7 Å². The van der Waals surface area contributed by atoms with Crippen LogP contribution >= 0.6 is 0 Å². The van der Waals surface area contributed by atoms with E-state index >= 15 is 0 Å². The molecule has 0 saturated carbocycles. The fraction of sp³-hybridized carbons (Fsp3) is 0.217. The van der Waals surface area contributed by atoms with Crippen LogP contribution < -0.4 is 0 Å². The quantitative estimate of drug-likeness (QED) is 0.658. The van der Waals surface area contributed by atoms with Crippen molar-refractivity contribution in [2.24, 2.45) is 0 Å². The standard InChI is InChI=1S/C23H22N2O/c1-3-16(2)25-15-9-14-20-18-12-7-8-13-19(18)21(24-22(20)23(25)26)17-10-5-4-6-11-17/h4-14,16H,3,15H2,1-2H3/t16-/m0/s1. The summed E-state index contributed by atoms with van der Waals surface area (Å²) in [5.74, 6) is 0.0160. The Balaban J connectivity index is 2.00. The Labute approximate surface area is 154 Å². The molecule has 0 bridgehead atoms. The highest BCUT2D eigenvalue weighted by molar-refractivity contribution is 6.08. The Bertz CT molecular complexity index is 992. The van der Waals surface area contributed by atoms with Gasteiger partial charge in [0.05, 0.1) is 5.69 Å². The van der Waals surface area contributed by atoms with Crippen molar-refractivity contribution in [1.82, 2.24) is 9.88 Å². The first kappa shape index (κ1) is 16.5. The van der Waals surface area contributed by atoms with Crippen molar-refractivity contribution in [3.05, 3.63) is 71.9 Å². The number of rotatable bonds is 3. The van der Waals surface area contributed by atoms with Crippen molar-refractivity contribution in [2.75, 3.05) is 6.54 Å². The molecular weight excluding hydrogens is 320 g/mol. The van der Waals surface area contributed by atoms with Gasteiger partial charge in [0.2, 0.25) is 0 Å². The summed E-state index contributed by atoms with van der Waals surface area (Å²) in [6.07, 6.45) is 5.06. The number of aromatic nitrogens is 1. The van der Waals surface area contributed by atoms with Gasteiger partial charge in [0.1, 0.15) is 5.69 Å². The molecule has 0 radical (unpaired) electrons. The number of hydrogen-bond donors (Lipinski definition) is 0. The molecule has 3 nitrogen and oxygen atoms in total. The van der Waals surface area contributed by atoms with Crippen molar-refractivity contribution < 1.29 is 4.79 Å². The molecule has 1 amide bonds. The molecule has 2 heterocycles. The monoisotopic (exact) mass is 342 g/mol. The number of benzene rings is 2. The van der Waals surface area contributed by atoms with E-state index in [-0.39, 0.29) is 11.9 Å². The Morgan fingerprint density at radius 2 is 1.69 bits per heavy atom. The SMILES string of the molecule is CC[C@H](C)N1CC=Cc2c(nc(-c3ccccc3)c3ccccc23)C1=O. The van der Waals surface area contributed by atoms with Gasteiger partial charge in [-0.05, 0) is 18.7 Å². The molecule has 3 aromatic rings. The van der Waals surface area contributed by atoms with E-state index in [4.69, 9.17) is 4.98 Å². The van der Waals surface area contributed by atoms with E-state index in [0.29, 0.717) is 12.2 Å². The Kier molecular flexibility index (Phi) is 4.29. The average molecular weight is 342 g/mol. The Hall–Kier alpha value is -2.94. The summed E-state index contributed by atoms with van der Waals surface area (Å²) in [5, 5.41) is 2.15. The number of carbonyl (C=O) groups excluding carboxylic acids is 1. The van der Waals surface area contributed by atoms with Crippen molar-refractivity contribution in [3.8, 4) is 11.3 Å². The number of hydrogen-bond acceptors (Lipinski definition) is 2. The second-order valence-corrected chi connectivity index (χ2v) is 6.75. The van der Waals surface area contributed by atoms with E-state index < -0.39 is 0 Å². The average Bonchev–Trinajstić information content (AvgIpc) is 2.86. The number of nitrogens with zero attached hydrogens (tertiary/aromatic N) is 2. The van der Waals surface area contributed by atoms with E-state index in [0.717, 1.165) is 34.0 Å². The van der Waals surface area contributed by atoms with Gasteiger partial charge in [-0.15, -0.1) is 0 Å². The predicted molar refractivity (Wildman–Crippen MR) is 107 cm³/mol. The van der Waals surface area contributed by atoms with Gasteiger partial charge < -0.3 is 4.90 Å². The molecule has 0 spiro atoms. The maximum absolute atomic E-state index is 13.3. The lowest BCUT2D eigenvalue weighted by Gasteiger charge is -2.26. The molecule has 130 valence electrons. The van der Waals surface area contributed by atoms with Crippen molar-refractivity contribution >= 4 is 22.8 Å². The second-order valence-electron chi connectivity index (χ2n) is 6.75. The van der Waals surface area contributed by atoms with Crippen molar-refractivity contribution in [3.63, 3.8) is 0 Å². The van der Waals surface area contributed by atoms with Gasteiger partial charge in [0.15, 0.2) is 0 Å². The summed E-state index contributed by atoms with van der Waals surface area (Å²) in [7, 11) is 0. The molecule has 1 aliphatic rings. The number of carbonyl (C=O) groups is 1. The number of fused-ring (bicyclic) bond motifs is 3. The lowest BCUT2D eigenvalue weighted by molar-refractivity contribution is 0.0709. The third kappa shape index (κ3) is 2.70. The van der Waals surface area contributed by atoms with Gasteiger partial charge in [-0.25, -0.2) is 4.98 Å². The van der Waals surface area contributed by atoms with Crippen molar-refractivity contribution in [1.29, 1.82) is 0 Å². The first-order chi connectivity index (χ1) is 12.7. The zero-order valence-corrected chi connectivity index (χ0v) is 15.1. The first-order valence-corrected chi connectivity index (χ1v) is 9.16. The van der Waals surface area contributed by atoms with E-state index in [1.807, 2.05) is 47.4 Å². The lowest BCUT2D eigenvalue weighted by atomic mass is 9.98. The van der Waals surface area contributed by atoms with Gasteiger partial charge in [0, 0.05) is 29.1 Å². The normalized spacial score (nSPS) is 15.0. The molecule has 0 aliphatic carbocycles. The van der Waals surface area contributed by atoms with E-state index in [2.05, 4.69) is 38.1 Å². The van der Waals surface area contributed by atoms with Gasteiger partial charge in [-0.3, -0.25) is 4.79 Å². The number of pyridine rings is 1. The molecule has 4 rings (SSSR count). The van der Waals surface area contributed by atoms with Crippen LogP contribution in [-0.2, 0) is 0 Å². The molecule has 2 aromatic carbocycles. The molecule has 0 fully saturated rings. The van der Waals surface area contributed by atoms with Gasteiger partial charge in [-0.2, -0.15) is 0 Å². The van der Waals surface area contributed by atoms with Crippen LogP contribution in [0.2, 0.25) is 0 Å². The highest BCUT2D eigenvalue weighted by atomic mass is 16.2. The highest BCUT2D eigenvalue weighted by Crippen LogP contribution is 2.33. The maximum atomic E-state index is 13.3. The zero-order chi connectivity index (χ0) is 18.1. The highest BCUT2D eigenvalue weighted by Gasteiger charge is 2.27. The molecule has 26 heavy (non-hydrogen) atoms. The Morgan fingerprint density at radius 3 is 2.42 bits per heavy atom. The van der Waals surface area contributed by atoms with Crippen LogP contribution in [0.4, 0.5) is 0 Å². The van der Waals surface area contributed by atoms with E-state index in [1.165, 1.54) is 0 Å². The van der Waals surface area contributed by atoms with Gasteiger partial charge in [-0.1, -0.05) is 73.7 Å². The predicted octanol–water partition coefficient (Wildman–Crippen LogP) is 5.17. The topological polar surface area (TPSA) is 33.2 Å². The van der Waals surface area contributed by atoms with Crippen LogP contribution in [0, 0.1) is 0 Å². The third-order valence-electron chi connectivity index (χ3n) is 5.17. The maximum Gasteiger partial charge on any atom is 0.273 e. The summed E-state index contributed by atoms with van der Waals surface area (Å²) in [4.78, 5) is 20.1. The molecule has 1 aliphatic heterocycles. The van der Waals surface area contributed by atoms with Crippen LogP contribution in [0.3, 0.4) is 0 Å². The largest absolute Gasteiger partial charge is 0.331 e. The molecule has 3 heteroatoms. The zero-order valence-electron chi connectivity index (χ0n) is 15.1. The minimum Gasteiger partial charge on any atom is -0.331 e. The van der Waals surface area contributed by atoms with E-state index in [9.17, 15) is 4.79 Å². The molecule has 1 aromatic heterocycles. The first-order valence-electron chi connectivity index (χ1n) is 9.16. The summed E-state index contributed by atoms with van der Waals surface area (Å²) in [6, 6.07) is 18.5. The lowest BCUT2D eigenvalue weighted by Crippen LogP contribution is -2.38. The minimum absolute atomic E-state index is 0.0160. The fourth-order valence-corrected chi connectivity index (χ4v) is 3.54. The smallest absolute Gasteiger partial charge is 0.273 e. The molecule has 0 N–H and O–H groups in total. The van der Waals surface area contributed by atoms with Crippen molar-refractivity contribution in [2.45, 2.75) is 26.3 Å². The number of amides is 1. The van der Waals surface area contributed by atoms with E-state index in [1.54, 1.807) is 0 Å². The molecule has 1 atom stereocenters. The van der Waals surface area contributed by atoms with Gasteiger partial charge in [0.25, 0.3) is 5.91 Å². The third-order valence-corrected chi connectivity index (χ3v) is 5.17. The van der Waals surface area contributed by atoms with Gasteiger partial charge >= 0.3 is 0 Å². The molecular formula is C23H22N2O. The molecule has 0 unspecified atom stereocenters. The second kappa shape index (κ2) is 6.75. The summed E-state index contributed by atoms with van der Waals surface area (Å²) in [5.41, 5.74) is 3.38. The van der Waals surface area contributed by atoms with Crippen LogP contribution in [0.1, 0.15) is 36.3 Å². The molecule has 0 saturated heterocycles. The summed E-state index contributed by atoms with van der Waals surface area (Å²) >= 11 is 0. The fourth-order valence-electron chi connectivity index (χ4n) is 3.54. The van der Waals surface area contributed by atoms with Crippen LogP contribution in [0.25, 0.3) is 28.1 Å². The minimum atomic E-state index is 0.0160.